The molecular formula is C35H38N2Si. The van der Waals surface area contributed by atoms with Crippen molar-refractivity contribution in [2.75, 3.05) is 0 Å². The summed E-state index contributed by atoms with van der Waals surface area (Å²) in [5.41, 5.74) is 5.98. The van der Waals surface area contributed by atoms with Crippen LogP contribution in [0.2, 0.25) is 18.6 Å². The van der Waals surface area contributed by atoms with Crippen molar-refractivity contribution in [1.82, 2.24) is 9.88 Å². The molecular weight excluding hydrogens is 476 g/mol. The predicted molar refractivity (Wildman–Crippen MR) is 163 cm³/mol. The van der Waals surface area contributed by atoms with E-state index in [0.29, 0.717) is 47.5 Å². The van der Waals surface area contributed by atoms with E-state index in [1.165, 1.54) is 22.3 Å². The summed E-state index contributed by atoms with van der Waals surface area (Å²) in [4.78, 5) is 0. The third kappa shape index (κ3) is 3.75. The minimum atomic E-state index is -1.90. The predicted octanol–water partition coefficient (Wildman–Crippen LogP) is 7.60. The quantitative estimate of drug-likeness (QED) is 0.423. The highest BCUT2D eigenvalue weighted by atomic mass is 28.3. The maximum Gasteiger partial charge on any atom is 0.129 e. The van der Waals surface area contributed by atoms with Gasteiger partial charge < -0.3 is 4.57 Å². The molecule has 192 valence electrons. The summed E-state index contributed by atoms with van der Waals surface area (Å²) in [7, 11) is -1.90. The van der Waals surface area contributed by atoms with Gasteiger partial charge in [0.1, 0.15) is 8.24 Å². The minimum absolute atomic E-state index is 0.310. The molecule has 1 heterocycles. The molecule has 1 saturated carbocycles. The SMILES string of the molecule is C[C@H]1NC2C(c3cccc(-c4ccccc4)c3)=CC=C[C@H]2N1[Si](C)(C)C1C2C=CC=CC2C2C=CC=CC21. The molecule has 2 aromatic rings. The number of nitrogens with one attached hydrogen (secondary N) is 1. The van der Waals surface area contributed by atoms with Gasteiger partial charge in [-0.3, -0.25) is 5.32 Å². The van der Waals surface area contributed by atoms with Crippen LogP contribution < -0.4 is 5.32 Å². The second-order valence-corrected chi connectivity index (χ2v) is 16.7. The Balaban J connectivity index is 1.22. The second-order valence-electron chi connectivity index (χ2n) is 12.2. The van der Waals surface area contributed by atoms with E-state index in [9.17, 15) is 0 Å². The number of hydrogen-bond acceptors (Lipinski definition) is 2. The molecule has 0 bridgehead atoms. The first-order valence-electron chi connectivity index (χ1n) is 14.3. The van der Waals surface area contributed by atoms with Gasteiger partial charge in [0.15, 0.2) is 0 Å². The van der Waals surface area contributed by atoms with Crippen LogP contribution in [0.3, 0.4) is 0 Å². The van der Waals surface area contributed by atoms with Crippen LogP contribution in [-0.2, 0) is 0 Å². The molecule has 0 radical (unpaired) electrons. The van der Waals surface area contributed by atoms with Crippen LogP contribution in [-0.4, -0.2) is 31.1 Å². The molecule has 38 heavy (non-hydrogen) atoms. The molecule has 7 rings (SSSR count). The Morgan fingerprint density at radius 2 is 1.26 bits per heavy atom. The zero-order chi connectivity index (χ0) is 25.9. The van der Waals surface area contributed by atoms with Gasteiger partial charge in [-0.15, -0.1) is 0 Å². The molecule has 5 unspecified atom stereocenters. The zero-order valence-electron chi connectivity index (χ0n) is 22.6. The van der Waals surface area contributed by atoms with Gasteiger partial charge >= 0.3 is 0 Å². The van der Waals surface area contributed by atoms with Gasteiger partial charge in [-0.1, -0.05) is 128 Å². The summed E-state index contributed by atoms with van der Waals surface area (Å²) >= 11 is 0. The molecule has 5 aliphatic rings. The molecule has 1 aliphatic heterocycles. The van der Waals surface area contributed by atoms with E-state index in [0.717, 1.165) is 0 Å². The van der Waals surface area contributed by atoms with Crippen molar-refractivity contribution in [3.63, 3.8) is 0 Å². The number of fused-ring (bicyclic) bond motifs is 4. The Hall–Kier alpha value is -2.98. The van der Waals surface area contributed by atoms with Crippen molar-refractivity contribution in [3.8, 4) is 11.1 Å². The molecule has 0 spiro atoms. The van der Waals surface area contributed by atoms with Crippen molar-refractivity contribution in [2.45, 2.75) is 43.8 Å². The molecule has 1 N–H and O–H groups in total. The normalized spacial score (nSPS) is 35.2. The minimum Gasteiger partial charge on any atom is -0.301 e. The van der Waals surface area contributed by atoms with Gasteiger partial charge in [0, 0.05) is 6.04 Å². The monoisotopic (exact) mass is 514 g/mol. The lowest BCUT2D eigenvalue weighted by molar-refractivity contribution is 0.338. The van der Waals surface area contributed by atoms with Crippen molar-refractivity contribution >= 4 is 13.8 Å². The average Bonchev–Trinajstić information content (AvgIpc) is 3.48. The number of rotatable bonds is 4. The lowest BCUT2D eigenvalue weighted by atomic mass is 9.83. The van der Waals surface area contributed by atoms with Crippen LogP contribution in [0, 0.1) is 23.7 Å². The Kier molecular flexibility index (Phi) is 5.92. The Morgan fingerprint density at radius 3 is 1.95 bits per heavy atom. The van der Waals surface area contributed by atoms with Crippen LogP contribution in [0.1, 0.15) is 12.5 Å². The van der Waals surface area contributed by atoms with E-state index < -0.39 is 8.24 Å². The van der Waals surface area contributed by atoms with Gasteiger partial charge in [-0.25, -0.2) is 0 Å². The molecule has 2 fully saturated rings. The lowest BCUT2D eigenvalue weighted by Gasteiger charge is -2.48. The van der Waals surface area contributed by atoms with Crippen molar-refractivity contribution in [1.29, 1.82) is 0 Å². The smallest absolute Gasteiger partial charge is 0.129 e. The summed E-state index contributed by atoms with van der Waals surface area (Å²) in [6.07, 6.45) is 26.7. The molecule has 2 aromatic carbocycles. The molecule has 7 atom stereocenters. The van der Waals surface area contributed by atoms with Crippen molar-refractivity contribution in [3.05, 3.63) is 127 Å². The van der Waals surface area contributed by atoms with E-state index in [2.05, 4.69) is 151 Å². The average molecular weight is 515 g/mol. The molecule has 0 aromatic heterocycles. The van der Waals surface area contributed by atoms with E-state index in [1.54, 1.807) is 0 Å². The summed E-state index contributed by atoms with van der Waals surface area (Å²) in [6.45, 7) is 7.70. The Bertz CT molecular complexity index is 1360. The topological polar surface area (TPSA) is 15.3 Å². The first kappa shape index (κ1) is 24.1. The molecule has 3 heteroatoms. The molecule has 1 saturated heterocycles. The highest BCUT2D eigenvalue weighted by Gasteiger charge is 2.59. The zero-order valence-corrected chi connectivity index (χ0v) is 23.6. The first-order chi connectivity index (χ1) is 18.5. The van der Waals surface area contributed by atoms with Crippen molar-refractivity contribution < 1.29 is 0 Å². The lowest BCUT2D eigenvalue weighted by Crippen LogP contribution is -2.59. The Labute approximate surface area is 228 Å². The number of allylic oxidation sites excluding steroid dienone is 10. The fourth-order valence-corrected chi connectivity index (χ4v) is 13.5. The van der Waals surface area contributed by atoms with Crippen LogP contribution in [0.25, 0.3) is 16.7 Å². The maximum atomic E-state index is 4.06. The highest BCUT2D eigenvalue weighted by Crippen LogP contribution is 2.59. The molecule has 0 amide bonds. The summed E-state index contributed by atoms with van der Waals surface area (Å²) in [5.74, 6) is 2.51. The van der Waals surface area contributed by atoms with E-state index in [4.69, 9.17) is 0 Å². The maximum absolute atomic E-state index is 4.06. The van der Waals surface area contributed by atoms with Crippen LogP contribution in [0.4, 0.5) is 0 Å². The summed E-state index contributed by atoms with van der Waals surface area (Å²) < 4.78 is 2.94. The highest BCUT2D eigenvalue weighted by molar-refractivity contribution is 6.76. The molecule has 2 nitrogen and oxygen atoms in total. The summed E-state index contributed by atoms with van der Waals surface area (Å²) in [5, 5.41) is 4.06. The van der Waals surface area contributed by atoms with Crippen LogP contribution in [0.15, 0.2) is 121 Å². The first-order valence-corrected chi connectivity index (χ1v) is 17.4. The number of hydrogen-bond donors (Lipinski definition) is 1. The standard InChI is InChI=1S/C35H38N2Si/c1-24-36-34-28(27-16-11-15-26(23-27)25-13-5-4-6-14-25)21-12-22-33(34)37(24)38(2,3)35-31-19-9-7-17-29(31)30-18-8-10-20-32(30)35/h4-24,29-36H,1-3H3/t24-,29?,30?,31?,32?,33+,34?,35?/m0/s1. The fraction of sp³-hybridized carbons (Fsp3) is 0.314. The Morgan fingerprint density at radius 1 is 0.658 bits per heavy atom. The van der Waals surface area contributed by atoms with Gasteiger partial charge in [0.25, 0.3) is 0 Å². The van der Waals surface area contributed by atoms with Gasteiger partial charge in [0.05, 0.1) is 12.2 Å². The fourth-order valence-electron chi connectivity index (χ4n) is 8.52. The van der Waals surface area contributed by atoms with E-state index in [-0.39, 0.29) is 0 Å². The van der Waals surface area contributed by atoms with E-state index in [1.807, 2.05) is 0 Å². The van der Waals surface area contributed by atoms with Crippen LogP contribution in [0.5, 0.6) is 0 Å². The second kappa shape index (κ2) is 9.34. The number of nitrogens with zero attached hydrogens (tertiary/aromatic N) is 1. The van der Waals surface area contributed by atoms with Gasteiger partial charge in [-0.05, 0) is 64.5 Å². The van der Waals surface area contributed by atoms with E-state index >= 15 is 0 Å². The van der Waals surface area contributed by atoms with Gasteiger partial charge in [-0.2, -0.15) is 0 Å². The van der Waals surface area contributed by atoms with Crippen molar-refractivity contribution in [2.24, 2.45) is 23.7 Å². The van der Waals surface area contributed by atoms with Crippen LogP contribution >= 0.6 is 0 Å². The largest absolute Gasteiger partial charge is 0.301 e. The number of benzene rings is 2. The van der Waals surface area contributed by atoms with Gasteiger partial charge in [0.2, 0.25) is 0 Å². The third-order valence-corrected chi connectivity index (χ3v) is 14.3. The third-order valence-electron chi connectivity index (χ3n) is 9.92. The summed E-state index contributed by atoms with van der Waals surface area (Å²) in [6, 6.07) is 20.5. The molecule has 4 aliphatic carbocycles.